The van der Waals surface area contributed by atoms with Crippen LogP contribution in [0.5, 0.6) is 0 Å². The Morgan fingerprint density at radius 3 is 2.09 bits per heavy atom. The highest BCUT2D eigenvalue weighted by Gasteiger charge is 2.46. The van der Waals surface area contributed by atoms with Crippen molar-refractivity contribution >= 4 is 21.8 Å². The molecule has 2 fully saturated rings. The molecule has 8 nitrogen and oxygen atoms in total. The molecule has 0 aliphatic carbocycles. The molecule has 2 aliphatic rings. The van der Waals surface area contributed by atoms with Crippen LogP contribution in [0.15, 0.2) is 4.90 Å². The van der Waals surface area contributed by atoms with Gasteiger partial charge >= 0.3 is 0 Å². The summed E-state index contributed by atoms with van der Waals surface area (Å²) in [7, 11) is -1.94. The summed E-state index contributed by atoms with van der Waals surface area (Å²) in [4.78, 5) is 24.8. The third-order valence-corrected chi connectivity index (χ3v) is 6.41. The molecule has 1 aromatic heterocycles. The molecule has 0 N–H and O–H groups in total. The van der Waals surface area contributed by atoms with Gasteiger partial charge in [-0.05, 0) is 13.8 Å². The van der Waals surface area contributed by atoms with Crippen LogP contribution in [0.1, 0.15) is 24.2 Å². The zero-order valence-electron chi connectivity index (χ0n) is 12.7. The second-order valence-electron chi connectivity index (χ2n) is 5.76. The van der Waals surface area contributed by atoms with Crippen LogP contribution in [0.25, 0.3) is 0 Å². The van der Waals surface area contributed by atoms with E-state index in [1.54, 1.807) is 20.9 Å². The largest absolute Gasteiger partial charge is 0.277 e. The van der Waals surface area contributed by atoms with Crippen molar-refractivity contribution in [3.63, 3.8) is 0 Å². The van der Waals surface area contributed by atoms with Crippen LogP contribution in [-0.4, -0.2) is 58.3 Å². The lowest BCUT2D eigenvalue weighted by molar-refractivity contribution is -0.143. The quantitative estimate of drug-likeness (QED) is 0.702. The van der Waals surface area contributed by atoms with Crippen LogP contribution in [-0.2, 0) is 26.7 Å². The van der Waals surface area contributed by atoms with Crippen LogP contribution in [0.3, 0.4) is 0 Å². The highest BCUT2D eigenvalue weighted by atomic mass is 32.2. The maximum absolute atomic E-state index is 12.7. The van der Waals surface area contributed by atoms with Crippen molar-refractivity contribution in [2.45, 2.75) is 37.6 Å². The maximum Gasteiger partial charge on any atom is 0.246 e. The first-order valence-corrected chi connectivity index (χ1v) is 8.52. The summed E-state index contributed by atoms with van der Waals surface area (Å²) in [5.41, 5.74) is 1.03. The van der Waals surface area contributed by atoms with E-state index in [2.05, 4.69) is 5.10 Å². The molecule has 0 saturated carbocycles. The third-order valence-electron chi connectivity index (χ3n) is 4.32. The number of aryl methyl sites for hydroxylation is 2. The molecule has 0 radical (unpaired) electrons. The Morgan fingerprint density at radius 2 is 1.64 bits per heavy atom. The fourth-order valence-corrected chi connectivity index (χ4v) is 4.95. The van der Waals surface area contributed by atoms with E-state index in [1.807, 2.05) is 0 Å². The molecule has 2 amide bonds. The van der Waals surface area contributed by atoms with Crippen molar-refractivity contribution in [2.24, 2.45) is 7.05 Å². The molecule has 0 bridgehead atoms. The van der Waals surface area contributed by atoms with Gasteiger partial charge in [0.15, 0.2) is 0 Å². The lowest BCUT2D eigenvalue weighted by Crippen LogP contribution is -2.62. The number of aromatic nitrogens is 2. The smallest absolute Gasteiger partial charge is 0.246 e. The molecular formula is C13H18N4O4S. The predicted molar refractivity (Wildman–Crippen MR) is 76.3 cm³/mol. The Bertz CT molecular complexity index is 745. The van der Waals surface area contributed by atoms with Gasteiger partial charge in [0.2, 0.25) is 21.8 Å². The van der Waals surface area contributed by atoms with Gasteiger partial charge in [-0.25, -0.2) is 8.42 Å². The Labute approximate surface area is 128 Å². The van der Waals surface area contributed by atoms with Crippen LogP contribution in [0.4, 0.5) is 0 Å². The molecule has 1 aromatic rings. The van der Waals surface area contributed by atoms with Gasteiger partial charge in [0, 0.05) is 33.0 Å². The zero-order chi connectivity index (χ0) is 16.2. The molecule has 0 unspecified atom stereocenters. The molecular weight excluding hydrogens is 308 g/mol. The molecule has 2 saturated heterocycles. The number of likely N-dealkylation sites (tertiary alicyclic amines) is 1. The lowest BCUT2D eigenvalue weighted by Gasteiger charge is -2.41. The van der Waals surface area contributed by atoms with Gasteiger partial charge in [-0.2, -0.15) is 9.40 Å². The number of sulfonamides is 1. The van der Waals surface area contributed by atoms with Crippen molar-refractivity contribution in [3.05, 3.63) is 11.4 Å². The Morgan fingerprint density at radius 1 is 1.09 bits per heavy atom. The summed E-state index contributed by atoms with van der Waals surface area (Å²) in [5, 5.41) is 4.13. The van der Waals surface area contributed by atoms with Crippen molar-refractivity contribution in [3.8, 4) is 0 Å². The van der Waals surface area contributed by atoms with E-state index in [-0.39, 0.29) is 48.7 Å². The number of hydrogen-bond acceptors (Lipinski definition) is 5. The average molecular weight is 326 g/mol. The maximum atomic E-state index is 12.7. The lowest BCUT2D eigenvalue weighted by atomic mass is 10.1. The SMILES string of the molecule is Cc1nn(C)c(C)c1S(=O)(=O)N1CC(N2C(=O)CCC2=O)C1. The highest BCUT2D eigenvalue weighted by molar-refractivity contribution is 7.89. The summed E-state index contributed by atoms with van der Waals surface area (Å²) in [6, 6.07) is -0.338. The van der Waals surface area contributed by atoms with E-state index in [0.29, 0.717) is 11.4 Å². The number of amides is 2. The van der Waals surface area contributed by atoms with Crippen molar-refractivity contribution in [1.29, 1.82) is 0 Å². The Balaban J connectivity index is 1.80. The van der Waals surface area contributed by atoms with Crippen molar-refractivity contribution < 1.29 is 18.0 Å². The second kappa shape index (κ2) is 4.88. The van der Waals surface area contributed by atoms with Crippen molar-refractivity contribution in [1.82, 2.24) is 19.0 Å². The summed E-state index contributed by atoms with van der Waals surface area (Å²) in [6.45, 7) is 3.68. The minimum Gasteiger partial charge on any atom is -0.277 e. The molecule has 0 atom stereocenters. The van der Waals surface area contributed by atoms with Gasteiger partial charge in [-0.15, -0.1) is 0 Å². The van der Waals surface area contributed by atoms with E-state index >= 15 is 0 Å². The molecule has 3 heterocycles. The van der Waals surface area contributed by atoms with E-state index < -0.39 is 10.0 Å². The van der Waals surface area contributed by atoms with Gasteiger partial charge in [0.05, 0.1) is 17.4 Å². The van der Waals surface area contributed by atoms with Crippen molar-refractivity contribution in [2.75, 3.05) is 13.1 Å². The molecule has 9 heteroatoms. The zero-order valence-corrected chi connectivity index (χ0v) is 13.6. The second-order valence-corrected chi connectivity index (χ2v) is 7.63. The first-order valence-electron chi connectivity index (χ1n) is 7.08. The monoisotopic (exact) mass is 326 g/mol. The molecule has 22 heavy (non-hydrogen) atoms. The highest BCUT2D eigenvalue weighted by Crippen LogP contribution is 2.30. The molecule has 0 aromatic carbocycles. The average Bonchev–Trinajstić information content (AvgIpc) is 2.81. The third kappa shape index (κ3) is 2.07. The Hall–Kier alpha value is -1.74. The van der Waals surface area contributed by atoms with Gasteiger partial charge < -0.3 is 0 Å². The minimum atomic E-state index is -3.64. The molecule has 2 aliphatic heterocycles. The number of rotatable bonds is 3. The van der Waals surface area contributed by atoms with Crippen LogP contribution in [0, 0.1) is 13.8 Å². The van der Waals surface area contributed by atoms with E-state index in [9.17, 15) is 18.0 Å². The van der Waals surface area contributed by atoms with Crippen LogP contribution in [0.2, 0.25) is 0 Å². The molecule has 3 rings (SSSR count). The number of imide groups is 1. The summed E-state index contributed by atoms with van der Waals surface area (Å²) in [5.74, 6) is -0.415. The number of nitrogens with zero attached hydrogens (tertiary/aromatic N) is 4. The van der Waals surface area contributed by atoms with E-state index in [4.69, 9.17) is 0 Å². The first kappa shape index (κ1) is 15.2. The van der Waals surface area contributed by atoms with Gasteiger partial charge in [-0.3, -0.25) is 19.2 Å². The Kier molecular flexibility index (Phi) is 3.37. The summed E-state index contributed by atoms with van der Waals surface area (Å²) >= 11 is 0. The fraction of sp³-hybridized carbons (Fsp3) is 0.615. The van der Waals surface area contributed by atoms with Crippen LogP contribution >= 0.6 is 0 Å². The van der Waals surface area contributed by atoms with E-state index in [1.165, 1.54) is 13.9 Å². The minimum absolute atomic E-state index is 0.160. The number of hydrogen-bond donors (Lipinski definition) is 0. The molecule has 0 spiro atoms. The van der Waals surface area contributed by atoms with Gasteiger partial charge in [0.25, 0.3) is 0 Å². The number of carbonyl (C=O) groups excluding carboxylic acids is 2. The van der Waals surface area contributed by atoms with E-state index in [0.717, 1.165) is 0 Å². The molecule has 120 valence electrons. The summed E-state index contributed by atoms with van der Waals surface area (Å²) in [6.07, 6.45) is 0.450. The number of carbonyl (C=O) groups is 2. The van der Waals surface area contributed by atoms with Crippen LogP contribution < -0.4 is 0 Å². The fourth-order valence-electron chi connectivity index (χ4n) is 3.03. The standard InChI is InChI=1S/C13H18N4O4S/c1-8-13(9(2)15(3)14-8)22(20,21)16-6-10(7-16)17-11(18)4-5-12(17)19/h10H,4-7H2,1-3H3. The first-order chi connectivity index (χ1) is 10.2. The topological polar surface area (TPSA) is 92.6 Å². The van der Waals surface area contributed by atoms with Gasteiger partial charge in [-0.1, -0.05) is 0 Å². The van der Waals surface area contributed by atoms with Gasteiger partial charge in [0.1, 0.15) is 4.90 Å². The summed E-state index contributed by atoms with van der Waals surface area (Å²) < 4.78 is 28.2. The normalized spacial score (nSPS) is 20.8. The predicted octanol–water partition coefficient (Wildman–Crippen LogP) is -0.441.